The molecule has 2 heterocycles. The van der Waals surface area contributed by atoms with Gasteiger partial charge in [-0.3, -0.25) is 9.69 Å². The van der Waals surface area contributed by atoms with Gasteiger partial charge in [0.05, 0.1) is 0 Å². The van der Waals surface area contributed by atoms with E-state index in [1.807, 2.05) is 13.8 Å². The van der Waals surface area contributed by atoms with Gasteiger partial charge in [0.15, 0.2) is 5.82 Å². The van der Waals surface area contributed by atoms with Gasteiger partial charge in [-0.25, -0.2) is 0 Å². The summed E-state index contributed by atoms with van der Waals surface area (Å²) in [4.78, 5) is 18.6. The topological polar surface area (TPSA) is 71.3 Å². The number of hydrogen-bond acceptors (Lipinski definition) is 5. The first-order valence-electron chi connectivity index (χ1n) is 8.39. The van der Waals surface area contributed by atoms with E-state index in [4.69, 9.17) is 4.52 Å². The smallest absolute Gasteiger partial charge is 0.226 e. The maximum Gasteiger partial charge on any atom is 0.226 e. The second-order valence-electron chi connectivity index (χ2n) is 6.45. The van der Waals surface area contributed by atoms with Gasteiger partial charge >= 0.3 is 0 Å². The number of amides is 1. The van der Waals surface area contributed by atoms with Crippen LogP contribution in [0.25, 0.3) is 0 Å². The van der Waals surface area contributed by atoms with Crippen molar-refractivity contribution in [3.8, 4) is 0 Å². The van der Waals surface area contributed by atoms with Gasteiger partial charge in [0.25, 0.3) is 0 Å². The van der Waals surface area contributed by atoms with Crippen molar-refractivity contribution in [3.63, 3.8) is 0 Å². The van der Waals surface area contributed by atoms with Crippen LogP contribution in [0.1, 0.15) is 64.1 Å². The summed E-state index contributed by atoms with van der Waals surface area (Å²) in [7, 11) is 0. The van der Waals surface area contributed by atoms with E-state index >= 15 is 0 Å². The third kappa shape index (κ3) is 5.09. The van der Waals surface area contributed by atoms with Crippen molar-refractivity contribution in [2.75, 3.05) is 19.6 Å². The van der Waals surface area contributed by atoms with Gasteiger partial charge in [-0.15, -0.1) is 0 Å². The summed E-state index contributed by atoms with van der Waals surface area (Å²) >= 11 is 0. The largest absolute Gasteiger partial charge is 0.355 e. The number of nitrogens with one attached hydrogen (secondary N) is 1. The molecule has 2 rings (SSSR count). The number of carbonyl (C=O) groups excluding carboxylic acids is 1. The lowest BCUT2D eigenvalue weighted by molar-refractivity contribution is -0.121. The van der Waals surface area contributed by atoms with E-state index in [1.54, 1.807) is 0 Å². The van der Waals surface area contributed by atoms with E-state index < -0.39 is 0 Å². The second kappa shape index (κ2) is 8.27. The lowest BCUT2D eigenvalue weighted by Crippen LogP contribution is -2.40. The summed E-state index contributed by atoms with van der Waals surface area (Å²) < 4.78 is 5.17. The number of rotatable bonds is 8. The van der Waals surface area contributed by atoms with Gasteiger partial charge in [0, 0.05) is 31.3 Å². The predicted octanol–water partition coefficient (Wildman–Crippen LogP) is 2.12. The number of aryl methyl sites for hydroxylation is 1. The van der Waals surface area contributed by atoms with Crippen LogP contribution >= 0.6 is 0 Å². The van der Waals surface area contributed by atoms with Gasteiger partial charge in [0.2, 0.25) is 11.8 Å². The van der Waals surface area contributed by atoms with Crippen LogP contribution in [0, 0.1) is 0 Å². The first kappa shape index (κ1) is 16.9. The summed E-state index contributed by atoms with van der Waals surface area (Å²) in [5, 5.41) is 6.95. The third-order valence-corrected chi connectivity index (χ3v) is 4.15. The molecule has 1 aliphatic rings. The molecule has 1 aromatic heterocycles. The standard InChI is InChI=1S/C16H28N4O2/c1-12(2)16-18-15(22-19-16)8-6-7-14(21)17-11-13(3)20-9-4-5-10-20/h12-13H,4-11H2,1-3H3,(H,17,21). The minimum Gasteiger partial charge on any atom is -0.355 e. The van der Waals surface area contributed by atoms with Crippen molar-refractivity contribution in [1.29, 1.82) is 0 Å². The summed E-state index contributed by atoms with van der Waals surface area (Å²) in [6, 6.07) is 0.427. The lowest BCUT2D eigenvalue weighted by atomic mass is 10.2. The van der Waals surface area contributed by atoms with E-state index in [1.165, 1.54) is 12.8 Å². The Labute approximate surface area is 132 Å². The predicted molar refractivity (Wildman–Crippen MR) is 84.6 cm³/mol. The monoisotopic (exact) mass is 308 g/mol. The van der Waals surface area contributed by atoms with Gasteiger partial charge in [-0.1, -0.05) is 19.0 Å². The zero-order chi connectivity index (χ0) is 15.9. The average molecular weight is 308 g/mol. The second-order valence-corrected chi connectivity index (χ2v) is 6.45. The number of likely N-dealkylation sites (tertiary alicyclic amines) is 1. The van der Waals surface area contributed by atoms with Gasteiger partial charge < -0.3 is 9.84 Å². The molecule has 0 bridgehead atoms. The Morgan fingerprint density at radius 3 is 2.68 bits per heavy atom. The highest BCUT2D eigenvalue weighted by Crippen LogP contribution is 2.12. The summed E-state index contributed by atoms with van der Waals surface area (Å²) in [6.07, 6.45) is 4.46. The van der Waals surface area contributed by atoms with Crippen LogP contribution in [0.15, 0.2) is 4.52 Å². The maximum absolute atomic E-state index is 11.9. The lowest BCUT2D eigenvalue weighted by Gasteiger charge is -2.23. The fourth-order valence-corrected chi connectivity index (χ4v) is 2.67. The number of nitrogens with zero attached hydrogens (tertiary/aromatic N) is 3. The normalized spacial score (nSPS) is 17.1. The number of aromatic nitrogens is 2. The average Bonchev–Trinajstić information content (AvgIpc) is 3.16. The maximum atomic E-state index is 11.9. The molecule has 0 radical (unpaired) electrons. The van der Waals surface area contributed by atoms with Crippen molar-refractivity contribution in [1.82, 2.24) is 20.4 Å². The first-order valence-corrected chi connectivity index (χ1v) is 8.39. The summed E-state index contributed by atoms with van der Waals surface area (Å²) in [6.45, 7) is 9.29. The molecule has 0 aromatic carbocycles. The van der Waals surface area contributed by atoms with E-state index in [9.17, 15) is 4.79 Å². The van der Waals surface area contributed by atoms with E-state index in [2.05, 4.69) is 27.3 Å². The minimum atomic E-state index is 0.106. The molecule has 1 atom stereocenters. The van der Waals surface area contributed by atoms with Crippen molar-refractivity contribution >= 4 is 5.91 Å². The van der Waals surface area contributed by atoms with Crippen molar-refractivity contribution in [3.05, 3.63) is 11.7 Å². The van der Waals surface area contributed by atoms with Crippen LogP contribution in [-0.4, -0.2) is 46.6 Å². The molecule has 0 spiro atoms. The molecule has 1 aromatic rings. The Morgan fingerprint density at radius 1 is 1.32 bits per heavy atom. The molecule has 1 N–H and O–H groups in total. The molecule has 6 heteroatoms. The highest BCUT2D eigenvalue weighted by atomic mass is 16.5. The van der Waals surface area contributed by atoms with Gasteiger partial charge in [-0.05, 0) is 39.3 Å². The Kier molecular flexibility index (Phi) is 6.36. The SMILES string of the molecule is CC(C)c1noc(CCCC(=O)NCC(C)N2CCCC2)n1. The van der Waals surface area contributed by atoms with Crippen molar-refractivity contribution in [2.24, 2.45) is 0 Å². The molecule has 1 saturated heterocycles. The van der Waals surface area contributed by atoms with Crippen LogP contribution in [0.2, 0.25) is 0 Å². The van der Waals surface area contributed by atoms with Crippen molar-refractivity contribution in [2.45, 2.75) is 64.8 Å². The Balaban J connectivity index is 1.60. The molecule has 1 unspecified atom stereocenters. The van der Waals surface area contributed by atoms with Crippen molar-refractivity contribution < 1.29 is 9.32 Å². The molecule has 22 heavy (non-hydrogen) atoms. The quantitative estimate of drug-likeness (QED) is 0.796. The Hall–Kier alpha value is -1.43. The summed E-state index contributed by atoms with van der Waals surface area (Å²) in [5.74, 6) is 1.74. The highest BCUT2D eigenvalue weighted by Gasteiger charge is 2.18. The molecular weight excluding hydrogens is 280 g/mol. The zero-order valence-corrected chi connectivity index (χ0v) is 14.0. The molecule has 6 nitrogen and oxygen atoms in total. The fraction of sp³-hybridized carbons (Fsp3) is 0.812. The molecule has 0 aliphatic carbocycles. The third-order valence-electron chi connectivity index (χ3n) is 4.15. The highest BCUT2D eigenvalue weighted by molar-refractivity contribution is 5.75. The minimum absolute atomic E-state index is 0.106. The fourth-order valence-electron chi connectivity index (χ4n) is 2.67. The molecule has 1 aliphatic heterocycles. The van der Waals surface area contributed by atoms with Gasteiger partial charge in [-0.2, -0.15) is 4.98 Å². The van der Waals surface area contributed by atoms with Crippen LogP contribution in [-0.2, 0) is 11.2 Å². The number of carbonyl (C=O) groups is 1. The Morgan fingerprint density at radius 2 is 2.05 bits per heavy atom. The Bertz CT molecular complexity index is 466. The molecular formula is C16H28N4O2. The molecule has 1 amide bonds. The molecule has 124 valence electrons. The van der Waals surface area contributed by atoms with Crippen LogP contribution in [0.5, 0.6) is 0 Å². The van der Waals surface area contributed by atoms with Crippen LogP contribution < -0.4 is 5.32 Å². The number of hydrogen-bond donors (Lipinski definition) is 1. The van der Waals surface area contributed by atoms with E-state index in [0.29, 0.717) is 24.8 Å². The van der Waals surface area contributed by atoms with E-state index in [0.717, 1.165) is 31.9 Å². The van der Waals surface area contributed by atoms with Crippen LogP contribution in [0.4, 0.5) is 0 Å². The zero-order valence-electron chi connectivity index (χ0n) is 14.0. The summed E-state index contributed by atoms with van der Waals surface area (Å²) in [5.41, 5.74) is 0. The van der Waals surface area contributed by atoms with Gasteiger partial charge in [0.1, 0.15) is 0 Å². The molecule has 0 saturated carbocycles. The van der Waals surface area contributed by atoms with Crippen LogP contribution in [0.3, 0.4) is 0 Å². The van der Waals surface area contributed by atoms with E-state index in [-0.39, 0.29) is 11.8 Å². The first-order chi connectivity index (χ1) is 10.6. The molecule has 1 fully saturated rings.